The molecule has 1 aromatic carbocycles. The Morgan fingerprint density at radius 2 is 1.97 bits per heavy atom. The van der Waals surface area contributed by atoms with Gasteiger partial charge in [-0.2, -0.15) is 0 Å². The maximum Gasteiger partial charge on any atom is 0.245 e. The number of nitrogens with one attached hydrogen (secondary N) is 1. The number of nitrogens with zero attached hydrogens (tertiary/aromatic N) is 5. The quantitative estimate of drug-likeness (QED) is 0.670. The summed E-state index contributed by atoms with van der Waals surface area (Å²) in [6, 6.07) is 9.68. The van der Waals surface area contributed by atoms with Gasteiger partial charge in [-0.25, -0.2) is 9.97 Å². The van der Waals surface area contributed by atoms with E-state index in [2.05, 4.69) is 30.4 Å². The molecule has 0 radical (unpaired) electrons. The molecule has 2 aromatic heterocycles. The lowest BCUT2D eigenvalue weighted by Gasteiger charge is -2.33. The summed E-state index contributed by atoms with van der Waals surface area (Å²) in [4.78, 5) is 10.8. The molecule has 1 atom stereocenters. The van der Waals surface area contributed by atoms with Crippen molar-refractivity contribution in [2.45, 2.75) is 18.9 Å². The van der Waals surface area contributed by atoms with E-state index in [1.165, 1.54) is 12.8 Å². The standard InChI is InChI=1S/C22H24N6O2/c1-30-21-11-16(6-7-24-21)15-4-5-17(20(29)10-15)18-12-25-22(27-26-18)28-9-8-23-19(13-28)14-2-3-14/h4-7,10-12,14,19,23,29H,2-3,8-9,13H2,1H3. The number of ether oxygens (including phenoxy) is 1. The van der Waals surface area contributed by atoms with Crippen molar-refractivity contribution in [2.75, 3.05) is 31.6 Å². The molecule has 1 unspecified atom stereocenters. The number of rotatable bonds is 5. The van der Waals surface area contributed by atoms with Crippen molar-refractivity contribution in [2.24, 2.45) is 5.92 Å². The average Bonchev–Trinajstić information content (AvgIpc) is 3.65. The number of hydrogen-bond acceptors (Lipinski definition) is 8. The number of piperazine rings is 1. The van der Waals surface area contributed by atoms with Crippen LogP contribution in [0, 0.1) is 5.92 Å². The minimum absolute atomic E-state index is 0.128. The smallest absolute Gasteiger partial charge is 0.245 e. The minimum atomic E-state index is 0.128. The third-order valence-electron chi connectivity index (χ3n) is 5.78. The topological polar surface area (TPSA) is 96.3 Å². The van der Waals surface area contributed by atoms with Crippen molar-refractivity contribution in [3.8, 4) is 34.0 Å². The molecule has 8 nitrogen and oxygen atoms in total. The second-order valence-corrected chi connectivity index (χ2v) is 7.81. The molecule has 0 spiro atoms. The fraction of sp³-hybridized carbons (Fsp3) is 0.364. The van der Waals surface area contributed by atoms with Crippen LogP contribution in [0.1, 0.15) is 12.8 Å². The van der Waals surface area contributed by atoms with Crippen molar-refractivity contribution in [3.05, 3.63) is 42.7 Å². The Hall–Kier alpha value is -3.26. The molecule has 3 heterocycles. The van der Waals surface area contributed by atoms with Gasteiger partial charge in [0.15, 0.2) is 0 Å². The van der Waals surface area contributed by atoms with E-state index in [0.717, 1.165) is 36.7 Å². The van der Waals surface area contributed by atoms with Gasteiger partial charge in [0.1, 0.15) is 11.4 Å². The van der Waals surface area contributed by atoms with Crippen molar-refractivity contribution >= 4 is 5.95 Å². The zero-order valence-corrected chi connectivity index (χ0v) is 16.8. The fourth-order valence-corrected chi connectivity index (χ4v) is 3.94. The van der Waals surface area contributed by atoms with Crippen LogP contribution in [0.2, 0.25) is 0 Å². The van der Waals surface area contributed by atoms with E-state index in [-0.39, 0.29) is 5.75 Å². The molecule has 1 aliphatic heterocycles. The van der Waals surface area contributed by atoms with E-state index in [0.29, 0.717) is 29.1 Å². The van der Waals surface area contributed by atoms with E-state index < -0.39 is 0 Å². The Kier molecular flexibility index (Phi) is 4.92. The van der Waals surface area contributed by atoms with E-state index >= 15 is 0 Å². The van der Waals surface area contributed by atoms with E-state index in [1.807, 2.05) is 24.3 Å². The average molecular weight is 404 g/mol. The molecule has 0 bridgehead atoms. The van der Waals surface area contributed by atoms with Crippen molar-refractivity contribution in [1.29, 1.82) is 0 Å². The van der Waals surface area contributed by atoms with E-state index in [9.17, 15) is 5.11 Å². The lowest BCUT2D eigenvalue weighted by atomic mass is 10.0. The van der Waals surface area contributed by atoms with Gasteiger partial charge in [0.05, 0.1) is 13.3 Å². The first kappa shape index (κ1) is 18.7. The number of methoxy groups -OCH3 is 1. The maximum atomic E-state index is 10.6. The molecule has 1 saturated heterocycles. The van der Waals surface area contributed by atoms with Gasteiger partial charge in [0.25, 0.3) is 0 Å². The lowest BCUT2D eigenvalue weighted by molar-refractivity contribution is 0.398. The third-order valence-corrected chi connectivity index (χ3v) is 5.78. The normalized spacial score (nSPS) is 19.0. The monoisotopic (exact) mass is 404 g/mol. The van der Waals surface area contributed by atoms with E-state index in [4.69, 9.17) is 4.74 Å². The molecule has 2 fully saturated rings. The molecular weight excluding hydrogens is 380 g/mol. The minimum Gasteiger partial charge on any atom is -0.507 e. The van der Waals surface area contributed by atoms with Crippen molar-refractivity contribution < 1.29 is 9.84 Å². The molecule has 30 heavy (non-hydrogen) atoms. The summed E-state index contributed by atoms with van der Waals surface area (Å²) >= 11 is 0. The zero-order chi connectivity index (χ0) is 20.5. The van der Waals surface area contributed by atoms with E-state index in [1.54, 1.807) is 25.6 Å². The molecule has 2 aliphatic rings. The summed E-state index contributed by atoms with van der Waals surface area (Å²) in [5.41, 5.74) is 2.92. The molecule has 0 amide bonds. The van der Waals surface area contributed by atoms with Gasteiger partial charge in [0.2, 0.25) is 11.8 Å². The highest BCUT2D eigenvalue weighted by Gasteiger charge is 2.34. The molecule has 1 saturated carbocycles. The number of aromatic nitrogens is 4. The van der Waals surface area contributed by atoms with Gasteiger partial charge < -0.3 is 20.1 Å². The third kappa shape index (κ3) is 3.78. The Morgan fingerprint density at radius 3 is 2.70 bits per heavy atom. The number of pyridine rings is 1. The predicted octanol–water partition coefficient (Wildman–Crippen LogP) is 2.50. The molecule has 3 aromatic rings. The predicted molar refractivity (Wildman–Crippen MR) is 113 cm³/mol. The highest BCUT2D eigenvalue weighted by molar-refractivity contribution is 5.74. The van der Waals surface area contributed by atoms with Crippen LogP contribution in [0.5, 0.6) is 11.6 Å². The van der Waals surface area contributed by atoms with Crippen LogP contribution in [0.25, 0.3) is 22.4 Å². The molecular formula is C22H24N6O2. The van der Waals surface area contributed by atoms with Gasteiger partial charge >= 0.3 is 0 Å². The van der Waals surface area contributed by atoms with Crippen LogP contribution in [0.15, 0.2) is 42.7 Å². The number of phenolic OH excluding ortho intramolecular Hbond substituents is 1. The molecule has 8 heteroatoms. The number of phenols is 1. The first-order valence-electron chi connectivity index (χ1n) is 10.2. The van der Waals surface area contributed by atoms with Crippen LogP contribution in [-0.4, -0.2) is 58.1 Å². The van der Waals surface area contributed by atoms with Gasteiger partial charge in [-0.1, -0.05) is 6.07 Å². The zero-order valence-electron chi connectivity index (χ0n) is 16.8. The fourth-order valence-electron chi connectivity index (χ4n) is 3.94. The first-order chi connectivity index (χ1) is 14.7. The summed E-state index contributed by atoms with van der Waals surface area (Å²) in [7, 11) is 1.58. The van der Waals surface area contributed by atoms with Crippen LogP contribution >= 0.6 is 0 Å². The second kappa shape index (κ2) is 7.87. The number of anilines is 1. The van der Waals surface area contributed by atoms with Gasteiger partial charge in [-0.3, -0.25) is 0 Å². The van der Waals surface area contributed by atoms with Crippen LogP contribution in [0.4, 0.5) is 5.95 Å². The Bertz CT molecular complexity index is 1040. The highest BCUT2D eigenvalue weighted by Crippen LogP contribution is 2.35. The summed E-state index contributed by atoms with van der Waals surface area (Å²) in [6.07, 6.45) is 5.98. The van der Waals surface area contributed by atoms with Gasteiger partial charge in [0, 0.05) is 43.5 Å². The maximum absolute atomic E-state index is 10.6. The van der Waals surface area contributed by atoms with Crippen molar-refractivity contribution in [1.82, 2.24) is 25.5 Å². The van der Waals surface area contributed by atoms with Crippen LogP contribution in [0.3, 0.4) is 0 Å². The van der Waals surface area contributed by atoms with Gasteiger partial charge in [-0.15, -0.1) is 10.2 Å². The SMILES string of the molecule is COc1cc(-c2ccc(-c3cnc(N4CCNC(C5CC5)C4)nn3)c(O)c2)ccn1. The Balaban J connectivity index is 1.35. The second-order valence-electron chi connectivity index (χ2n) is 7.81. The summed E-state index contributed by atoms with van der Waals surface area (Å²) in [5.74, 6) is 2.09. The number of aromatic hydroxyl groups is 1. The summed E-state index contributed by atoms with van der Waals surface area (Å²) in [6.45, 7) is 2.73. The summed E-state index contributed by atoms with van der Waals surface area (Å²) < 4.78 is 5.18. The van der Waals surface area contributed by atoms with Crippen molar-refractivity contribution in [3.63, 3.8) is 0 Å². The van der Waals surface area contributed by atoms with Crippen LogP contribution in [-0.2, 0) is 0 Å². The molecule has 1 aliphatic carbocycles. The molecule has 2 N–H and O–H groups in total. The van der Waals surface area contributed by atoms with Gasteiger partial charge in [-0.05, 0) is 48.1 Å². The van der Waals surface area contributed by atoms with Crippen LogP contribution < -0.4 is 15.0 Å². The lowest BCUT2D eigenvalue weighted by Crippen LogP contribution is -2.52. The molecule has 5 rings (SSSR count). The number of benzene rings is 1. The Morgan fingerprint density at radius 1 is 1.10 bits per heavy atom. The largest absolute Gasteiger partial charge is 0.507 e. The summed E-state index contributed by atoms with van der Waals surface area (Å²) in [5, 5.41) is 22.9. The Labute approximate surface area is 175 Å². The highest BCUT2D eigenvalue weighted by atomic mass is 16.5. The first-order valence-corrected chi connectivity index (χ1v) is 10.2. The molecule has 154 valence electrons. The number of hydrogen-bond donors (Lipinski definition) is 2.